The number of pyridine rings is 2. The Hall–Kier alpha value is -4.02. The number of aryl methyl sites for hydroxylation is 1. The van der Waals surface area contributed by atoms with Crippen LogP contribution in [0.5, 0.6) is 0 Å². The van der Waals surface area contributed by atoms with Crippen molar-refractivity contribution < 1.29 is 8.78 Å². The molecule has 190 valence electrons. The summed E-state index contributed by atoms with van der Waals surface area (Å²) in [4.78, 5) is 18.9. The number of hydrogen-bond acceptors (Lipinski definition) is 6. The van der Waals surface area contributed by atoms with Gasteiger partial charge in [0.25, 0.3) is 5.92 Å². The van der Waals surface area contributed by atoms with Crippen LogP contribution in [0.15, 0.2) is 65.9 Å². The van der Waals surface area contributed by atoms with Gasteiger partial charge in [-0.2, -0.15) is 16.4 Å². The molecule has 7 rings (SSSR count). The highest BCUT2D eigenvalue weighted by Crippen LogP contribution is 2.34. The molecule has 5 aromatic heterocycles. The highest BCUT2D eigenvalue weighted by atomic mass is 32.1. The molecule has 0 radical (unpaired) electrons. The number of H-pyrrole nitrogens is 1. The van der Waals surface area contributed by atoms with E-state index < -0.39 is 5.92 Å². The molecular formula is C28H23F2N7S. The molecule has 1 fully saturated rings. The van der Waals surface area contributed by atoms with Crippen molar-refractivity contribution in [1.29, 1.82) is 0 Å². The van der Waals surface area contributed by atoms with Crippen molar-refractivity contribution in [2.75, 3.05) is 13.1 Å². The van der Waals surface area contributed by atoms with Crippen LogP contribution in [0.4, 0.5) is 8.78 Å². The molecule has 0 bridgehead atoms. The third-order valence-corrected chi connectivity index (χ3v) is 7.77. The third-order valence-electron chi connectivity index (χ3n) is 7.08. The van der Waals surface area contributed by atoms with E-state index in [9.17, 15) is 8.78 Å². The van der Waals surface area contributed by atoms with Crippen molar-refractivity contribution in [3.05, 3.63) is 71.4 Å². The maximum absolute atomic E-state index is 13.7. The first kappa shape index (κ1) is 23.1. The van der Waals surface area contributed by atoms with E-state index in [0.717, 1.165) is 55.4 Å². The number of halogens is 2. The first-order valence-electron chi connectivity index (χ1n) is 12.3. The number of aromatic nitrogens is 6. The van der Waals surface area contributed by atoms with Crippen LogP contribution in [0, 0.1) is 0 Å². The minimum absolute atomic E-state index is 0.0901. The maximum Gasteiger partial charge on any atom is 0.261 e. The summed E-state index contributed by atoms with van der Waals surface area (Å²) in [7, 11) is 1.92. The first-order valence-corrected chi connectivity index (χ1v) is 13.3. The molecule has 6 aromatic rings. The lowest BCUT2D eigenvalue weighted by Crippen LogP contribution is -2.24. The Kier molecular flexibility index (Phi) is 5.34. The van der Waals surface area contributed by atoms with Crippen molar-refractivity contribution in [2.24, 2.45) is 7.05 Å². The number of imidazole rings is 1. The zero-order chi connectivity index (χ0) is 25.9. The Labute approximate surface area is 220 Å². The molecule has 1 N–H and O–H groups in total. The van der Waals surface area contributed by atoms with E-state index in [1.165, 1.54) is 0 Å². The van der Waals surface area contributed by atoms with Gasteiger partial charge in [-0.25, -0.2) is 13.8 Å². The molecule has 1 aromatic carbocycles. The quantitative estimate of drug-likeness (QED) is 0.291. The first-order chi connectivity index (χ1) is 18.4. The van der Waals surface area contributed by atoms with Gasteiger partial charge < -0.3 is 4.98 Å². The highest BCUT2D eigenvalue weighted by Gasteiger charge is 2.37. The molecule has 1 aliphatic rings. The van der Waals surface area contributed by atoms with Gasteiger partial charge in [0.2, 0.25) is 0 Å². The van der Waals surface area contributed by atoms with Crippen molar-refractivity contribution in [1.82, 2.24) is 34.6 Å². The summed E-state index contributed by atoms with van der Waals surface area (Å²) >= 11 is 1.64. The zero-order valence-corrected chi connectivity index (χ0v) is 21.3. The van der Waals surface area contributed by atoms with Crippen LogP contribution in [-0.2, 0) is 13.6 Å². The fraction of sp³-hybridized carbons (Fsp3) is 0.214. The van der Waals surface area contributed by atoms with Gasteiger partial charge >= 0.3 is 0 Å². The molecule has 0 unspecified atom stereocenters. The fourth-order valence-corrected chi connectivity index (χ4v) is 5.88. The zero-order valence-electron chi connectivity index (χ0n) is 20.5. The SMILES string of the molecule is Cn1nc(-c2nc3c(-c4ccsc4)cncc3[nH]2)c2cc(-c3cncc(CN4CCC(F)(F)C4)c3)ccc21. The molecule has 10 heteroatoms. The molecule has 0 atom stereocenters. The van der Waals surface area contributed by atoms with E-state index in [-0.39, 0.29) is 13.0 Å². The summed E-state index contributed by atoms with van der Waals surface area (Å²) in [5, 5.41) is 9.88. The third kappa shape index (κ3) is 4.06. The lowest BCUT2D eigenvalue weighted by atomic mass is 10.0. The highest BCUT2D eigenvalue weighted by molar-refractivity contribution is 7.08. The standard InChI is InChI=1S/C28H23F2N7S/c1-36-24-3-2-18(20-8-17(10-31-11-20)14-37-6-5-28(29,30)16-37)9-21(24)26(35-36)27-33-23-13-32-12-22(25(23)34-27)19-4-7-38-15-19/h2-4,7-13,15H,5-6,14,16H2,1H3,(H,33,34). The summed E-state index contributed by atoms with van der Waals surface area (Å²) in [5.74, 6) is -1.93. The predicted octanol–water partition coefficient (Wildman–Crippen LogP) is 6.14. The van der Waals surface area contributed by atoms with E-state index in [2.05, 4.69) is 32.5 Å². The fourth-order valence-electron chi connectivity index (χ4n) is 5.23. The van der Waals surface area contributed by atoms with Crippen LogP contribution in [0.25, 0.3) is 55.7 Å². The van der Waals surface area contributed by atoms with E-state index in [1.807, 2.05) is 41.5 Å². The normalized spacial score (nSPS) is 15.7. The Morgan fingerprint density at radius 2 is 1.92 bits per heavy atom. The number of hydrogen-bond donors (Lipinski definition) is 1. The summed E-state index contributed by atoms with van der Waals surface area (Å²) in [6, 6.07) is 10.3. The summed E-state index contributed by atoms with van der Waals surface area (Å²) in [5.41, 5.74) is 8.32. The van der Waals surface area contributed by atoms with Gasteiger partial charge in [0.15, 0.2) is 5.82 Å². The second-order valence-corrected chi connectivity index (χ2v) is 10.6. The molecule has 7 nitrogen and oxygen atoms in total. The minimum atomic E-state index is -2.61. The van der Waals surface area contributed by atoms with Gasteiger partial charge in [0.05, 0.1) is 23.8 Å². The number of aromatic amines is 1. The number of nitrogens with zero attached hydrogens (tertiary/aromatic N) is 6. The number of nitrogens with one attached hydrogen (secondary N) is 1. The van der Waals surface area contributed by atoms with Crippen LogP contribution in [-0.4, -0.2) is 53.6 Å². The number of thiophene rings is 1. The van der Waals surface area contributed by atoms with E-state index in [0.29, 0.717) is 18.9 Å². The molecule has 38 heavy (non-hydrogen) atoms. The van der Waals surface area contributed by atoms with Crippen LogP contribution < -0.4 is 0 Å². The van der Waals surface area contributed by atoms with E-state index in [4.69, 9.17) is 10.1 Å². The maximum atomic E-state index is 13.7. The predicted molar refractivity (Wildman–Crippen MR) is 145 cm³/mol. The average molecular weight is 528 g/mol. The molecule has 1 saturated heterocycles. The lowest BCUT2D eigenvalue weighted by Gasteiger charge is -2.15. The van der Waals surface area contributed by atoms with E-state index >= 15 is 0 Å². The number of rotatable bonds is 5. The number of alkyl halides is 2. The largest absolute Gasteiger partial charge is 0.335 e. The molecule has 1 aliphatic heterocycles. The minimum Gasteiger partial charge on any atom is -0.335 e. The Bertz CT molecular complexity index is 1790. The Morgan fingerprint density at radius 3 is 2.74 bits per heavy atom. The van der Waals surface area contributed by atoms with Gasteiger partial charge in [0.1, 0.15) is 11.2 Å². The Balaban J connectivity index is 1.27. The second kappa shape index (κ2) is 8.78. The van der Waals surface area contributed by atoms with E-state index in [1.54, 1.807) is 34.8 Å². The van der Waals surface area contributed by atoms with Crippen LogP contribution in [0.3, 0.4) is 0 Å². The van der Waals surface area contributed by atoms with Crippen molar-refractivity contribution in [2.45, 2.75) is 18.9 Å². The average Bonchev–Trinajstić information content (AvgIpc) is 3.70. The van der Waals surface area contributed by atoms with Gasteiger partial charge in [-0.3, -0.25) is 19.5 Å². The molecule has 6 heterocycles. The topological polar surface area (TPSA) is 75.5 Å². The number of likely N-dealkylation sites (tertiary alicyclic amines) is 1. The monoisotopic (exact) mass is 527 g/mol. The molecular weight excluding hydrogens is 504 g/mol. The van der Waals surface area contributed by atoms with Crippen molar-refractivity contribution >= 4 is 33.3 Å². The van der Waals surface area contributed by atoms with Crippen LogP contribution in [0.1, 0.15) is 12.0 Å². The number of benzene rings is 1. The molecule has 0 amide bonds. The molecule has 0 saturated carbocycles. The van der Waals surface area contributed by atoms with Crippen LogP contribution >= 0.6 is 11.3 Å². The summed E-state index contributed by atoms with van der Waals surface area (Å²) in [6.07, 6.45) is 7.09. The second-order valence-electron chi connectivity index (χ2n) is 9.78. The molecule has 0 spiro atoms. The Morgan fingerprint density at radius 1 is 1.03 bits per heavy atom. The van der Waals surface area contributed by atoms with Gasteiger partial charge in [-0.05, 0) is 51.7 Å². The van der Waals surface area contributed by atoms with Gasteiger partial charge in [0, 0.05) is 61.7 Å². The van der Waals surface area contributed by atoms with Crippen LogP contribution in [0.2, 0.25) is 0 Å². The van der Waals surface area contributed by atoms with Gasteiger partial charge in [-0.15, -0.1) is 0 Å². The van der Waals surface area contributed by atoms with Gasteiger partial charge in [-0.1, -0.05) is 6.07 Å². The smallest absolute Gasteiger partial charge is 0.261 e. The summed E-state index contributed by atoms with van der Waals surface area (Å²) in [6.45, 7) is 0.642. The summed E-state index contributed by atoms with van der Waals surface area (Å²) < 4.78 is 29.2. The lowest BCUT2D eigenvalue weighted by molar-refractivity contribution is 0.0115. The van der Waals surface area contributed by atoms with Crippen molar-refractivity contribution in [3.63, 3.8) is 0 Å². The molecule has 0 aliphatic carbocycles. The van der Waals surface area contributed by atoms with Crippen molar-refractivity contribution in [3.8, 4) is 33.8 Å². The number of fused-ring (bicyclic) bond motifs is 2.